The fourth-order valence-corrected chi connectivity index (χ4v) is 2.51. The molecule has 98 valence electrons. The van der Waals surface area contributed by atoms with E-state index in [1.807, 2.05) is 0 Å². The van der Waals surface area contributed by atoms with Gasteiger partial charge in [0.1, 0.15) is 0 Å². The van der Waals surface area contributed by atoms with Crippen LogP contribution in [0.4, 0.5) is 5.69 Å². The van der Waals surface area contributed by atoms with Crippen LogP contribution in [-0.4, -0.2) is 17.1 Å². The molecule has 0 heterocycles. The maximum atomic E-state index is 11.8. The first kappa shape index (κ1) is 13.5. The van der Waals surface area contributed by atoms with Gasteiger partial charge in [-0.25, -0.2) is 0 Å². The lowest BCUT2D eigenvalue weighted by Gasteiger charge is -2.16. The number of halogens is 2. The van der Waals surface area contributed by atoms with E-state index in [9.17, 15) is 9.90 Å². The molecule has 0 spiro atoms. The zero-order valence-corrected chi connectivity index (χ0v) is 11.1. The first-order valence-corrected chi connectivity index (χ1v) is 6.52. The SMILES string of the molecule is O=C(NNc1ccc(Cl)cc1Cl)C1CCCC1O. The van der Waals surface area contributed by atoms with E-state index in [4.69, 9.17) is 23.2 Å². The van der Waals surface area contributed by atoms with Gasteiger partial charge in [0.2, 0.25) is 5.91 Å². The van der Waals surface area contributed by atoms with Crippen molar-refractivity contribution in [3.8, 4) is 0 Å². The number of hydrogen-bond donors (Lipinski definition) is 3. The Morgan fingerprint density at radius 3 is 2.72 bits per heavy atom. The highest BCUT2D eigenvalue weighted by atomic mass is 35.5. The van der Waals surface area contributed by atoms with E-state index in [-0.39, 0.29) is 11.8 Å². The van der Waals surface area contributed by atoms with E-state index < -0.39 is 6.10 Å². The molecule has 0 radical (unpaired) electrons. The quantitative estimate of drug-likeness (QED) is 0.750. The van der Waals surface area contributed by atoms with Crippen LogP contribution < -0.4 is 10.9 Å². The summed E-state index contributed by atoms with van der Waals surface area (Å²) in [7, 11) is 0. The molecular weight excluding hydrogens is 275 g/mol. The molecule has 2 atom stereocenters. The van der Waals surface area contributed by atoms with Gasteiger partial charge in [-0.05, 0) is 37.5 Å². The van der Waals surface area contributed by atoms with Crippen LogP contribution in [0.15, 0.2) is 18.2 Å². The number of anilines is 1. The Balaban J connectivity index is 1.93. The maximum Gasteiger partial charge on any atom is 0.244 e. The van der Waals surface area contributed by atoms with Crippen molar-refractivity contribution >= 4 is 34.8 Å². The number of carbonyl (C=O) groups is 1. The normalized spacial score (nSPS) is 22.8. The van der Waals surface area contributed by atoms with Gasteiger partial charge in [0.05, 0.1) is 22.7 Å². The topological polar surface area (TPSA) is 61.4 Å². The number of nitrogens with one attached hydrogen (secondary N) is 2. The first-order valence-electron chi connectivity index (χ1n) is 5.77. The molecule has 2 rings (SSSR count). The molecule has 18 heavy (non-hydrogen) atoms. The minimum Gasteiger partial charge on any atom is -0.392 e. The number of carbonyl (C=O) groups excluding carboxylic acids is 1. The molecule has 0 aromatic heterocycles. The summed E-state index contributed by atoms with van der Waals surface area (Å²) < 4.78 is 0. The summed E-state index contributed by atoms with van der Waals surface area (Å²) in [4.78, 5) is 11.8. The predicted octanol–water partition coefficient (Wildman–Crippen LogP) is 2.60. The second-order valence-corrected chi connectivity index (χ2v) is 5.19. The van der Waals surface area contributed by atoms with Crippen molar-refractivity contribution in [3.63, 3.8) is 0 Å². The molecule has 2 unspecified atom stereocenters. The Kier molecular flexibility index (Phi) is 4.32. The van der Waals surface area contributed by atoms with E-state index in [1.54, 1.807) is 18.2 Å². The Morgan fingerprint density at radius 2 is 2.11 bits per heavy atom. The molecule has 1 saturated carbocycles. The molecule has 1 aromatic rings. The van der Waals surface area contributed by atoms with Crippen LogP contribution in [0.2, 0.25) is 10.0 Å². The van der Waals surface area contributed by atoms with Gasteiger partial charge in [0.25, 0.3) is 0 Å². The zero-order valence-electron chi connectivity index (χ0n) is 9.62. The molecule has 1 aliphatic rings. The standard InChI is InChI=1S/C12H14Cl2N2O2/c13-7-4-5-10(9(14)6-7)15-16-12(18)8-2-1-3-11(8)17/h4-6,8,11,15,17H,1-3H2,(H,16,18). The van der Waals surface area contributed by atoms with Crippen LogP contribution in [0.5, 0.6) is 0 Å². The third-order valence-corrected chi connectivity index (χ3v) is 3.62. The lowest BCUT2D eigenvalue weighted by Crippen LogP contribution is -2.38. The Bertz CT molecular complexity index is 454. The van der Waals surface area contributed by atoms with E-state index in [0.717, 1.165) is 6.42 Å². The third-order valence-electron chi connectivity index (χ3n) is 3.07. The number of rotatable bonds is 3. The second kappa shape index (κ2) is 5.78. The van der Waals surface area contributed by atoms with Gasteiger partial charge >= 0.3 is 0 Å². The van der Waals surface area contributed by atoms with E-state index >= 15 is 0 Å². The van der Waals surface area contributed by atoms with Crippen LogP contribution in [0, 0.1) is 5.92 Å². The van der Waals surface area contributed by atoms with Gasteiger partial charge in [-0.15, -0.1) is 0 Å². The maximum absolute atomic E-state index is 11.8. The molecular formula is C12H14Cl2N2O2. The third kappa shape index (κ3) is 3.07. The van der Waals surface area contributed by atoms with Gasteiger partial charge in [-0.1, -0.05) is 23.2 Å². The number of benzene rings is 1. The lowest BCUT2D eigenvalue weighted by atomic mass is 10.1. The van der Waals surface area contributed by atoms with E-state index in [1.165, 1.54) is 0 Å². The number of aliphatic hydroxyl groups is 1. The Hall–Kier alpha value is -0.970. The van der Waals surface area contributed by atoms with E-state index in [0.29, 0.717) is 28.6 Å². The van der Waals surface area contributed by atoms with Gasteiger partial charge in [0.15, 0.2) is 0 Å². The van der Waals surface area contributed by atoms with E-state index in [2.05, 4.69) is 10.9 Å². The van der Waals surface area contributed by atoms with Crippen molar-refractivity contribution in [1.29, 1.82) is 0 Å². The first-order chi connectivity index (χ1) is 8.58. The molecule has 6 heteroatoms. The predicted molar refractivity (Wildman–Crippen MR) is 71.6 cm³/mol. The molecule has 0 saturated heterocycles. The number of aliphatic hydroxyl groups excluding tert-OH is 1. The zero-order chi connectivity index (χ0) is 13.1. The molecule has 1 aromatic carbocycles. The second-order valence-electron chi connectivity index (χ2n) is 4.34. The highest BCUT2D eigenvalue weighted by Crippen LogP contribution is 2.27. The van der Waals surface area contributed by atoms with Gasteiger partial charge in [-0.3, -0.25) is 15.6 Å². The summed E-state index contributed by atoms with van der Waals surface area (Å²) in [5.74, 6) is -0.561. The molecule has 0 bridgehead atoms. The van der Waals surface area contributed by atoms with Crippen molar-refractivity contribution < 1.29 is 9.90 Å². The summed E-state index contributed by atoms with van der Waals surface area (Å²) in [6.07, 6.45) is 1.72. The summed E-state index contributed by atoms with van der Waals surface area (Å²) in [5, 5.41) is 10.6. The Morgan fingerprint density at radius 1 is 1.33 bits per heavy atom. The van der Waals surface area contributed by atoms with Crippen molar-refractivity contribution in [1.82, 2.24) is 5.43 Å². The molecule has 1 amide bonds. The molecule has 3 N–H and O–H groups in total. The van der Waals surface area contributed by atoms with Crippen LogP contribution in [0.1, 0.15) is 19.3 Å². The number of hydrazine groups is 1. The number of amides is 1. The van der Waals surface area contributed by atoms with Gasteiger partial charge in [0, 0.05) is 5.02 Å². The van der Waals surface area contributed by atoms with Crippen molar-refractivity contribution in [2.45, 2.75) is 25.4 Å². The van der Waals surface area contributed by atoms with Crippen LogP contribution in [0.25, 0.3) is 0 Å². The van der Waals surface area contributed by atoms with Crippen molar-refractivity contribution in [2.75, 3.05) is 5.43 Å². The van der Waals surface area contributed by atoms with Crippen LogP contribution in [-0.2, 0) is 4.79 Å². The highest BCUT2D eigenvalue weighted by molar-refractivity contribution is 6.36. The van der Waals surface area contributed by atoms with Gasteiger partial charge in [-0.2, -0.15) is 0 Å². The molecule has 1 aliphatic carbocycles. The van der Waals surface area contributed by atoms with Crippen molar-refractivity contribution in [2.24, 2.45) is 5.92 Å². The fraction of sp³-hybridized carbons (Fsp3) is 0.417. The van der Waals surface area contributed by atoms with Crippen LogP contribution >= 0.6 is 23.2 Å². The lowest BCUT2D eigenvalue weighted by molar-refractivity contribution is -0.126. The fourth-order valence-electron chi connectivity index (χ4n) is 2.06. The monoisotopic (exact) mass is 288 g/mol. The number of hydrogen-bond acceptors (Lipinski definition) is 3. The molecule has 1 fully saturated rings. The molecule has 4 nitrogen and oxygen atoms in total. The Labute approximate surface area is 115 Å². The summed E-state index contributed by atoms with van der Waals surface area (Å²) in [5.41, 5.74) is 5.86. The highest BCUT2D eigenvalue weighted by Gasteiger charge is 2.31. The minimum atomic E-state index is -0.549. The molecule has 0 aliphatic heterocycles. The van der Waals surface area contributed by atoms with Crippen molar-refractivity contribution in [3.05, 3.63) is 28.2 Å². The largest absolute Gasteiger partial charge is 0.392 e. The average Bonchev–Trinajstić information content (AvgIpc) is 2.74. The minimum absolute atomic E-state index is 0.217. The smallest absolute Gasteiger partial charge is 0.244 e. The van der Waals surface area contributed by atoms with Gasteiger partial charge < -0.3 is 5.11 Å². The summed E-state index contributed by atoms with van der Waals surface area (Å²) in [6.45, 7) is 0. The summed E-state index contributed by atoms with van der Waals surface area (Å²) in [6, 6.07) is 4.93. The summed E-state index contributed by atoms with van der Waals surface area (Å²) >= 11 is 11.7. The average molecular weight is 289 g/mol. The van der Waals surface area contributed by atoms with Crippen LogP contribution in [0.3, 0.4) is 0 Å².